The third-order valence-electron chi connectivity index (χ3n) is 5.58. The Balaban J connectivity index is 1.52. The van der Waals surface area contributed by atoms with Gasteiger partial charge in [-0.25, -0.2) is 4.98 Å². The van der Waals surface area contributed by atoms with Crippen molar-refractivity contribution in [3.63, 3.8) is 0 Å². The quantitative estimate of drug-likeness (QED) is 0.615. The molecule has 1 unspecified atom stereocenters. The summed E-state index contributed by atoms with van der Waals surface area (Å²) >= 11 is 0. The van der Waals surface area contributed by atoms with Crippen molar-refractivity contribution in [1.29, 1.82) is 0 Å². The molecule has 1 aliphatic heterocycles. The third kappa shape index (κ3) is 4.85. The van der Waals surface area contributed by atoms with E-state index >= 15 is 0 Å². The number of morpholine rings is 1. The number of benzene rings is 1. The molecule has 31 heavy (non-hydrogen) atoms. The maximum atomic E-state index is 13.0. The van der Waals surface area contributed by atoms with Gasteiger partial charge in [0.1, 0.15) is 6.10 Å². The fourth-order valence-electron chi connectivity index (χ4n) is 3.93. The number of hydrogen-bond acceptors (Lipinski definition) is 5. The average molecular weight is 420 g/mol. The van der Waals surface area contributed by atoms with Crippen molar-refractivity contribution in [2.75, 3.05) is 19.7 Å². The first-order valence-electron chi connectivity index (χ1n) is 10.8. The van der Waals surface area contributed by atoms with Crippen LogP contribution in [0.2, 0.25) is 0 Å². The third-order valence-corrected chi connectivity index (χ3v) is 5.58. The normalized spacial score (nSPS) is 16.5. The smallest absolute Gasteiger partial charge is 0.291 e. The first-order valence-corrected chi connectivity index (χ1v) is 10.8. The number of carbonyl (C=O) groups is 1. The highest BCUT2D eigenvalue weighted by Gasteiger charge is 2.30. The number of aromatic nitrogens is 2. The molecule has 2 aromatic heterocycles. The molecule has 162 valence electrons. The Morgan fingerprint density at radius 3 is 2.58 bits per heavy atom. The summed E-state index contributed by atoms with van der Waals surface area (Å²) in [6.45, 7) is 9.30. The molecule has 0 aliphatic carbocycles. The lowest BCUT2D eigenvalue weighted by Crippen LogP contribution is -2.42. The number of rotatable bonds is 5. The zero-order valence-corrected chi connectivity index (χ0v) is 18.6. The van der Waals surface area contributed by atoms with E-state index in [-0.39, 0.29) is 12.0 Å². The molecule has 1 atom stereocenters. The second-order valence-corrected chi connectivity index (χ2v) is 8.19. The van der Waals surface area contributed by atoms with Crippen LogP contribution in [0.25, 0.3) is 0 Å². The van der Waals surface area contributed by atoms with Gasteiger partial charge in [0.15, 0.2) is 5.89 Å². The lowest BCUT2D eigenvalue weighted by Gasteiger charge is -2.32. The van der Waals surface area contributed by atoms with Crippen LogP contribution in [0.5, 0.6) is 0 Å². The predicted octanol–water partition coefficient (Wildman–Crippen LogP) is 4.36. The standard InChI is InChI=1S/C25H29N3O3/c1-5-23-27-18(4)24(31-23)25(29)28-10-11-30-22(15-28)21-14-20(12-17(3)26-21)13-19-8-6-16(2)7-9-19/h6-9,12,14,22H,5,10-11,13,15H2,1-4H3. The number of pyridine rings is 1. The molecule has 0 bridgehead atoms. The molecule has 1 fully saturated rings. The molecule has 3 heterocycles. The van der Waals surface area contributed by atoms with Gasteiger partial charge in [0.05, 0.1) is 24.5 Å². The van der Waals surface area contributed by atoms with Crippen LogP contribution in [-0.4, -0.2) is 40.5 Å². The van der Waals surface area contributed by atoms with E-state index in [2.05, 4.69) is 48.3 Å². The monoisotopic (exact) mass is 419 g/mol. The summed E-state index contributed by atoms with van der Waals surface area (Å²) in [7, 11) is 0. The van der Waals surface area contributed by atoms with Gasteiger partial charge < -0.3 is 14.1 Å². The molecule has 0 radical (unpaired) electrons. The number of hydrogen-bond donors (Lipinski definition) is 0. The van der Waals surface area contributed by atoms with Crippen molar-refractivity contribution >= 4 is 5.91 Å². The lowest BCUT2D eigenvalue weighted by atomic mass is 10.0. The Hall–Kier alpha value is -2.99. The van der Waals surface area contributed by atoms with Crippen LogP contribution in [0.3, 0.4) is 0 Å². The maximum Gasteiger partial charge on any atom is 0.291 e. The molecule has 6 nitrogen and oxygen atoms in total. The number of ether oxygens (including phenoxy) is 1. The Labute approximate surface area is 183 Å². The van der Waals surface area contributed by atoms with E-state index in [0.717, 1.165) is 17.8 Å². The summed E-state index contributed by atoms with van der Waals surface area (Å²) in [6.07, 6.45) is 1.24. The van der Waals surface area contributed by atoms with Crippen molar-refractivity contribution < 1.29 is 13.9 Å². The Morgan fingerprint density at radius 2 is 1.87 bits per heavy atom. The van der Waals surface area contributed by atoms with Crippen molar-refractivity contribution in [1.82, 2.24) is 14.9 Å². The Kier molecular flexibility index (Phi) is 6.18. The average Bonchev–Trinajstić information content (AvgIpc) is 3.15. The van der Waals surface area contributed by atoms with Gasteiger partial charge >= 0.3 is 0 Å². The number of oxazole rings is 1. The Bertz CT molecular complexity index is 1070. The van der Waals surface area contributed by atoms with E-state index < -0.39 is 0 Å². The van der Waals surface area contributed by atoms with Gasteiger partial charge in [-0.15, -0.1) is 0 Å². The zero-order valence-electron chi connectivity index (χ0n) is 18.6. The van der Waals surface area contributed by atoms with Crippen LogP contribution >= 0.6 is 0 Å². The first-order chi connectivity index (χ1) is 14.9. The van der Waals surface area contributed by atoms with Crippen LogP contribution in [0.15, 0.2) is 40.8 Å². The van der Waals surface area contributed by atoms with Crippen LogP contribution in [0, 0.1) is 20.8 Å². The summed E-state index contributed by atoms with van der Waals surface area (Å²) in [5.41, 5.74) is 6.16. The maximum absolute atomic E-state index is 13.0. The number of amides is 1. The van der Waals surface area contributed by atoms with Gasteiger partial charge in [-0.3, -0.25) is 9.78 Å². The van der Waals surface area contributed by atoms with E-state index in [1.165, 1.54) is 16.7 Å². The van der Waals surface area contributed by atoms with Gasteiger partial charge in [0.25, 0.3) is 5.91 Å². The van der Waals surface area contributed by atoms with Crippen molar-refractivity contribution in [2.45, 2.75) is 46.6 Å². The second kappa shape index (κ2) is 9.02. The molecule has 0 N–H and O–H groups in total. The highest BCUT2D eigenvalue weighted by atomic mass is 16.5. The Morgan fingerprint density at radius 1 is 1.10 bits per heavy atom. The van der Waals surface area contributed by atoms with Gasteiger partial charge in [0.2, 0.25) is 5.76 Å². The van der Waals surface area contributed by atoms with Crippen molar-refractivity contribution in [3.8, 4) is 0 Å². The second-order valence-electron chi connectivity index (χ2n) is 8.19. The van der Waals surface area contributed by atoms with Gasteiger partial charge in [-0.05, 0) is 50.5 Å². The minimum Gasteiger partial charge on any atom is -0.435 e. The fourth-order valence-corrected chi connectivity index (χ4v) is 3.93. The summed E-state index contributed by atoms with van der Waals surface area (Å²) < 4.78 is 11.7. The molecule has 1 aromatic carbocycles. The largest absolute Gasteiger partial charge is 0.435 e. The fraction of sp³-hybridized carbons (Fsp3) is 0.400. The van der Waals surface area contributed by atoms with Crippen molar-refractivity contribution in [3.05, 3.63) is 81.8 Å². The van der Waals surface area contributed by atoms with Crippen molar-refractivity contribution in [2.24, 2.45) is 0 Å². The molecular weight excluding hydrogens is 390 g/mol. The predicted molar refractivity (Wildman–Crippen MR) is 118 cm³/mol. The molecule has 1 amide bonds. The molecule has 3 aromatic rings. The summed E-state index contributed by atoms with van der Waals surface area (Å²) in [5.74, 6) is 0.784. The van der Waals surface area contributed by atoms with E-state index in [0.29, 0.717) is 43.5 Å². The molecule has 0 spiro atoms. The van der Waals surface area contributed by atoms with Crippen LogP contribution < -0.4 is 0 Å². The van der Waals surface area contributed by atoms with Crippen LogP contribution in [-0.2, 0) is 17.6 Å². The van der Waals surface area contributed by atoms with Gasteiger partial charge in [-0.2, -0.15) is 0 Å². The molecule has 0 saturated carbocycles. The van der Waals surface area contributed by atoms with Crippen LogP contribution in [0.4, 0.5) is 0 Å². The topological polar surface area (TPSA) is 68.5 Å². The lowest BCUT2D eigenvalue weighted by molar-refractivity contribution is -0.0258. The van der Waals surface area contributed by atoms with Gasteiger partial charge in [-0.1, -0.05) is 36.8 Å². The van der Waals surface area contributed by atoms with E-state index in [4.69, 9.17) is 14.1 Å². The number of carbonyl (C=O) groups excluding carboxylic acids is 1. The van der Waals surface area contributed by atoms with Gasteiger partial charge in [0, 0.05) is 18.7 Å². The molecule has 1 saturated heterocycles. The molecular formula is C25H29N3O3. The summed E-state index contributed by atoms with van der Waals surface area (Å²) in [5, 5.41) is 0. The summed E-state index contributed by atoms with van der Waals surface area (Å²) in [4.78, 5) is 23.9. The minimum atomic E-state index is -0.261. The highest BCUT2D eigenvalue weighted by Crippen LogP contribution is 2.25. The minimum absolute atomic E-state index is 0.134. The zero-order chi connectivity index (χ0) is 22.0. The van der Waals surface area contributed by atoms with E-state index in [1.807, 2.05) is 20.8 Å². The van der Waals surface area contributed by atoms with E-state index in [1.54, 1.807) is 4.90 Å². The SMILES string of the molecule is CCc1nc(C)c(C(=O)N2CCOC(c3cc(Cc4ccc(C)cc4)cc(C)n3)C2)o1. The van der Waals surface area contributed by atoms with Crippen LogP contribution in [0.1, 0.15) is 63.2 Å². The molecule has 1 aliphatic rings. The first kappa shape index (κ1) is 21.2. The molecule has 4 rings (SSSR count). The summed E-state index contributed by atoms with van der Waals surface area (Å²) in [6, 6.07) is 12.8. The number of nitrogens with zero attached hydrogens (tertiary/aromatic N) is 3. The molecule has 6 heteroatoms. The highest BCUT2D eigenvalue weighted by molar-refractivity contribution is 5.92. The van der Waals surface area contributed by atoms with E-state index in [9.17, 15) is 4.79 Å². The number of aryl methyl sites for hydroxylation is 4.